The smallest absolute Gasteiger partial charge is 0.293 e. The number of nitrogens with one attached hydrogen (secondary N) is 2. The molecule has 0 spiro atoms. The third kappa shape index (κ3) is 2.69. The van der Waals surface area contributed by atoms with Crippen LogP contribution in [0.5, 0.6) is 0 Å². The number of likely N-dealkylation sites (N-methyl/N-ethyl adjacent to an activating group) is 1. The number of piperidine rings is 1. The van der Waals surface area contributed by atoms with E-state index in [1.165, 1.54) is 0 Å². The molecule has 0 aliphatic carbocycles. The average Bonchev–Trinajstić information content (AvgIpc) is 2.89. The minimum atomic E-state index is -0.0675. The Morgan fingerprint density at radius 2 is 2.33 bits per heavy atom. The Bertz CT molecular complexity index is 397. The summed E-state index contributed by atoms with van der Waals surface area (Å²) in [6.07, 6.45) is 2.93. The number of amides is 1. The van der Waals surface area contributed by atoms with Crippen LogP contribution in [0.1, 0.15) is 43.1 Å². The first kappa shape index (κ1) is 13.0. The molecule has 1 aromatic heterocycles. The molecule has 0 bridgehead atoms. The van der Waals surface area contributed by atoms with Crippen LogP contribution in [0.3, 0.4) is 0 Å². The third-order valence-corrected chi connectivity index (χ3v) is 3.37. The van der Waals surface area contributed by atoms with Gasteiger partial charge in [-0.1, -0.05) is 6.92 Å². The Labute approximate surface area is 107 Å². The van der Waals surface area contributed by atoms with E-state index >= 15 is 0 Å². The number of hydrogen-bond donors (Lipinski definition) is 2. The van der Waals surface area contributed by atoms with E-state index in [1.807, 2.05) is 18.7 Å². The van der Waals surface area contributed by atoms with Gasteiger partial charge in [0.2, 0.25) is 5.82 Å². The number of carbonyl (C=O) groups excluding carboxylic acids is 1. The van der Waals surface area contributed by atoms with Crippen molar-refractivity contribution in [2.45, 2.75) is 39.2 Å². The van der Waals surface area contributed by atoms with Crippen LogP contribution < -0.4 is 5.32 Å². The SMILES string of the molecule is CCc1nc(C(=O)N(CC)C2CCCNC2)n[nH]1. The average molecular weight is 251 g/mol. The van der Waals surface area contributed by atoms with E-state index in [4.69, 9.17) is 0 Å². The Balaban J connectivity index is 2.08. The van der Waals surface area contributed by atoms with Gasteiger partial charge < -0.3 is 10.2 Å². The molecule has 6 heteroatoms. The van der Waals surface area contributed by atoms with Gasteiger partial charge in [0.15, 0.2) is 0 Å². The Hall–Kier alpha value is -1.43. The van der Waals surface area contributed by atoms with E-state index in [9.17, 15) is 4.79 Å². The fourth-order valence-electron chi connectivity index (χ4n) is 2.34. The number of aromatic amines is 1. The zero-order valence-electron chi connectivity index (χ0n) is 11.1. The first-order chi connectivity index (χ1) is 8.76. The van der Waals surface area contributed by atoms with Crippen molar-refractivity contribution in [3.8, 4) is 0 Å². The molecule has 1 saturated heterocycles. The highest BCUT2D eigenvalue weighted by molar-refractivity contribution is 5.90. The van der Waals surface area contributed by atoms with Gasteiger partial charge in [-0.2, -0.15) is 0 Å². The van der Waals surface area contributed by atoms with E-state index in [0.717, 1.165) is 38.2 Å². The van der Waals surface area contributed by atoms with Crippen LogP contribution in [0.2, 0.25) is 0 Å². The fourth-order valence-corrected chi connectivity index (χ4v) is 2.34. The predicted molar refractivity (Wildman–Crippen MR) is 68.4 cm³/mol. The topological polar surface area (TPSA) is 73.9 Å². The van der Waals surface area contributed by atoms with E-state index in [0.29, 0.717) is 12.4 Å². The molecule has 0 radical (unpaired) electrons. The molecule has 2 heterocycles. The van der Waals surface area contributed by atoms with Gasteiger partial charge in [0, 0.05) is 25.6 Å². The van der Waals surface area contributed by atoms with Gasteiger partial charge in [-0.3, -0.25) is 9.89 Å². The van der Waals surface area contributed by atoms with E-state index in [-0.39, 0.29) is 11.9 Å². The number of H-pyrrole nitrogens is 1. The van der Waals surface area contributed by atoms with E-state index in [2.05, 4.69) is 20.5 Å². The largest absolute Gasteiger partial charge is 0.332 e. The first-order valence-electron chi connectivity index (χ1n) is 6.69. The van der Waals surface area contributed by atoms with Crippen LogP contribution in [0, 0.1) is 0 Å². The van der Waals surface area contributed by atoms with Gasteiger partial charge in [-0.05, 0) is 26.3 Å². The number of rotatable bonds is 4. The number of aryl methyl sites for hydroxylation is 1. The Morgan fingerprint density at radius 1 is 1.50 bits per heavy atom. The molecule has 1 atom stereocenters. The summed E-state index contributed by atoms with van der Waals surface area (Å²) < 4.78 is 0. The van der Waals surface area contributed by atoms with Gasteiger partial charge in [0.1, 0.15) is 5.82 Å². The quantitative estimate of drug-likeness (QED) is 0.821. The molecule has 1 aliphatic rings. The summed E-state index contributed by atoms with van der Waals surface area (Å²) in [6.45, 7) is 6.59. The number of hydrogen-bond acceptors (Lipinski definition) is 4. The molecule has 18 heavy (non-hydrogen) atoms. The lowest BCUT2D eigenvalue weighted by Gasteiger charge is -2.33. The van der Waals surface area contributed by atoms with Crippen LogP contribution in [-0.4, -0.2) is 51.7 Å². The van der Waals surface area contributed by atoms with Crippen LogP contribution in [0.25, 0.3) is 0 Å². The lowest BCUT2D eigenvalue weighted by atomic mass is 10.1. The van der Waals surface area contributed by atoms with E-state index < -0.39 is 0 Å². The van der Waals surface area contributed by atoms with Crippen molar-refractivity contribution in [1.82, 2.24) is 25.4 Å². The monoisotopic (exact) mass is 251 g/mol. The Kier molecular flexibility index (Phi) is 4.30. The van der Waals surface area contributed by atoms with Gasteiger partial charge >= 0.3 is 0 Å². The molecule has 6 nitrogen and oxygen atoms in total. The van der Waals surface area contributed by atoms with Crippen molar-refractivity contribution >= 4 is 5.91 Å². The summed E-state index contributed by atoms with van der Waals surface area (Å²) in [5.41, 5.74) is 0. The van der Waals surface area contributed by atoms with Crippen molar-refractivity contribution in [2.75, 3.05) is 19.6 Å². The first-order valence-corrected chi connectivity index (χ1v) is 6.69. The molecular formula is C12H21N5O. The maximum Gasteiger partial charge on any atom is 0.293 e. The Morgan fingerprint density at radius 3 is 2.89 bits per heavy atom. The molecule has 1 aromatic rings. The summed E-state index contributed by atoms with van der Waals surface area (Å²) in [6, 6.07) is 0.264. The van der Waals surface area contributed by atoms with Gasteiger partial charge in [0.25, 0.3) is 5.91 Å². The lowest BCUT2D eigenvalue weighted by molar-refractivity contribution is 0.0650. The van der Waals surface area contributed by atoms with Crippen molar-refractivity contribution in [1.29, 1.82) is 0 Å². The zero-order valence-corrected chi connectivity index (χ0v) is 11.1. The highest BCUT2D eigenvalue weighted by Crippen LogP contribution is 2.12. The summed E-state index contributed by atoms with van der Waals surface area (Å²) in [5, 5.41) is 10.1. The predicted octanol–water partition coefficient (Wildman–Crippen LogP) is 0.581. The van der Waals surface area contributed by atoms with Gasteiger partial charge in [-0.15, -0.1) is 5.10 Å². The number of nitrogens with zero attached hydrogens (tertiary/aromatic N) is 3. The number of carbonyl (C=O) groups is 1. The minimum absolute atomic E-state index is 0.0675. The highest BCUT2D eigenvalue weighted by atomic mass is 16.2. The van der Waals surface area contributed by atoms with Crippen molar-refractivity contribution < 1.29 is 4.79 Å². The molecule has 2 rings (SSSR count). The summed E-state index contributed by atoms with van der Waals surface area (Å²) >= 11 is 0. The molecule has 0 aromatic carbocycles. The summed E-state index contributed by atoms with van der Waals surface area (Å²) in [5.74, 6) is 0.984. The number of aromatic nitrogens is 3. The second-order valence-corrected chi connectivity index (χ2v) is 4.55. The summed E-state index contributed by atoms with van der Waals surface area (Å²) in [7, 11) is 0. The van der Waals surface area contributed by atoms with Crippen molar-refractivity contribution in [2.24, 2.45) is 0 Å². The van der Waals surface area contributed by atoms with Crippen LogP contribution in [-0.2, 0) is 6.42 Å². The standard InChI is InChI=1S/C12H21N5O/c1-3-10-14-11(16-15-10)12(18)17(4-2)9-6-5-7-13-8-9/h9,13H,3-8H2,1-2H3,(H,14,15,16). The van der Waals surface area contributed by atoms with Gasteiger partial charge in [-0.25, -0.2) is 4.98 Å². The maximum absolute atomic E-state index is 12.4. The van der Waals surface area contributed by atoms with Crippen molar-refractivity contribution in [3.63, 3.8) is 0 Å². The molecule has 1 amide bonds. The van der Waals surface area contributed by atoms with E-state index in [1.54, 1.807) is 0 Å². The summed E-state index contributed by atoms with van der Waals surface area (Å²) in [4.78, 5) is 18.4. The molecule has 1 aliphatic heterocycles. The second-order valence-electron chi connectivity index (χ2n) is 4.55. The highest BCUT2D eigenvalue weighted by Gasteiger charge is 2.27. The van der Waals surface area contributed by atoms with Crippen LogP contribution in [0.15, 0.2) is 0 Å². The molecule has 0 saturated carbocycles. The molecule has 1 fully saturated rings. The second kappa shape index (κ2) is 5.95. The minimum Gasteiger partial charge on any atom is -0.332 e. The molecular weight excluding hydrogens is 230 g/mol. The third-order valence-electron chi connectivity index (χ3n) is 3.37. The maximum atomic E-state index is 12.4. The molecule has 100 valence electrons. The van der Waals surface area contributed by atoms with Crippen molar-refractivity contribution in [3.05, 3.63) is 11.6 Å². The lowest BCUT2D eigenvalue weighted by Crippen LogP contribution is -2.48. The van der Waals surface area contributed by atoms with Gasteiger partial charge in [0.05, 0.1) is 0 Å². The molecule has 2 N–H and O–H groups in total. The molecule has 1 unspecified atom stereocenters. The van der Waals surface area contributed by atoms with Crippen LogP contribution >= 0.6 is 0 Å². The fraction of sp³-hybridized carbons (Fsp3) is 0.750. The normalized spacial score (nSPS) is 19.8. The zero-order chi connectivity index (χ0) is 13.0. The van der Waals surface area contributed by atoms with Crippen LogP contribution in [0.4, 0.5) is 0 Å².